The van der Waals surface area contributed by atoms with Crippen LogP contribution >= 0.6 is 7.60 Å². The van der Waals surface area contributed by atoms with Crippen molar-refractivity contribution in [3.63, 3.8) is 0 Å². The molecular weight excluding hydrogens is 139 g/mol. The van der Waals surface area contributed by atoms with Gasteiger partial charge in [-0.1, -0.05) is 6.92 Å². The Hall–Kier alpha value is 0.150. The first-order chi connectivity index (χ1) is 4.18. The van der Waals surface area contributed by atoms with Crippen molar-refractivity contribution in [3.05, 3.63) is 6.92 Å². The zero-order valence-electron chi connectivity index (χ0n) is 5.79. The molecule has 9 heavy (non-hydrogen) atoms. The highest BCUT2D eigenvalue weighted by atomic mass is 31.2. The van der Waals surface area contributed by atoms with Gasteiger partial charge in [0.2, 0.25) is 0 Å². The highest BCUT2D eigenvalue weighted by molar-refractivity contribution is 7.53. The fourth-order valence-corrected chi connectivity index (χ4v) is 1.35. The highest BCUT2D eigenvalue weighted by Crippen LogP contribution is 2.46. The van der Waals surface area contributed by atoms with Crippen LogP contribution in [0.4, 0.5) is 0 Å². The van der Waals surface area contributed by atoms with Crippen LogP contribution in [0, 0.1) is 6.92 Å². The van der Waals surface area contributed by atoms with E-state index in [-0.39, 0.29) is 0 Å². The van der Waals surface area contributed by atoms with Gasteiger partial charge < -0.3 is 9.05 Å². The minimum Gasteiger partial charge on any atom is -0.312 e. The Morgan fingerprint density at radius 2 is 1.89 bits per heavy atom. The zero-order chi connectivity index (χ0) is 7.33. The second-order valence-electron chi connectivity index (χ2n) is 1.55. The van der Waals surface area contributed by atoms with Crippen LogP contribution < -0.4 is 0 Å². The summed E-state index contributed by atoms with van der Waals surface area (Å²) in [5.41, 5.74) is 0. The van der Waals surface area contributed by atoms with Gasteiger partial charge in [-0.2, -0.15) is 0 Å². The van der Waals surface area contributed by atoms with Crippen LogP contribution in [-0.2, 0) is 13.6 Å². The van der Waals surface area contributed by atoms with Crippen LogP contribution in [0.15, 0.2) is 0 Å². The fourth-order valence-electron chi connectivity index (χ4n) is 0.451. The average Bonchev–Trinajstić information content (AvgIpc) is 1.89. The molecule has 0 rings (SSSR count). The zero-order valence-corrected chi connectivity index (χ0v) is 6.69. The first kappa shape index (κ1) is 9.15. The van der Waals surface area contributed by atoms with Gasteiger partial charge >= 0.3 is 7.60 Å². The molecule has 0 aromatic carbocycles. The van der Waals surface area contributed by atoms with Crippen LogP contribution in [-0.4, -0.2) is 20.4 Å². The van der Waals surface area contributed by atoms with Gasteiger partial charge in [0.25, 0.3) is 0 Å². The minimum atomic E-state index is -2.74. The molecule has 0 amide bonds. The molecule has 0 bridgehead atoms. The molecule has 0 saturated heterocycles. The Kier molecular flexibility index (Phi) is 4.11. The van der Waals surface area contributed by atoms with E-state index in [9.17, 15) is 4.57 Å². The van der Waals surface area contributed by atoms with Crippen molar-refractivity contribution in [1.82, 2.24) is 0 Å². The maximum atomic E-state index is 11.1. The van der Waals surface area contributed by atoms with E-state index in [0.29, 0.717) is 12.6 Å². The molecule has 0 saturated carbocycles. The van der Waals surface area contributed by atoms with Crippen molar-refractivity contribution < 1.29 is 13.6 Å². The molecule has 0 unspecified atom stereocenters. The monoisotopic (exact) mass is 151 g/mol. The molecule has 55 valence electrons. The quantitative estimate of drug-likeness (QED) is 0.573. The number of hydrogen-bond acceptors (Lipinski definition) is 3. The molecule has 0 atom stereocenters. The Balaban J connectivity index is 3.78. The van der Waals surface area contributed by atoms with E-state index in [1.807, 2.05) is 0 Å². The van der Waals surface area contributed by atoms with Crippen molar-refractivity contribution in [1.29, 1.82) is 0 Å². The fraction of sp³-hybridized carbons (Fsp3) is 0.800. The molecule has 0 aromatic rings. The molecule has 0 spiro atoms. The van der Waals surface area contributed by atoms with E-state index >= 15 is 0 Å². The van der Waals surface area contributed by atoms with E-state index in [1.165, 1.54) is 14.2 Å². The van der Waals surface area contributed by atoms with Gasteiger partial charge in [-0.3, -0.25) is 4.57 Å². The third kappa shape index (κ3) is 2.99. The maximum absolute atomic E-state index is 11.1. The molecule has 0 aliphatic heterocycles. The predicted molar refractivity (Wildman–Crippen MR) is 36.5 cm³/mol. The van der Waals surface area contributed by atoms with Crippen LogP contribution in [0.5, 0.6) is 0 Å². The van der Waals surface area contributed by atoms with Gasteiger partial charge in [0.1, 0.15) is 0 Å². The summed E-state index contributed by atoms with van der Waals surface area (Å²) >= 11 is 0. The Morgan fingerprint density at radius 3 is 2.00 bits per heavy atom. The van der Waals surface area contributed by atoms with Crippen LogP contribution in [0.2, 0.25) is 0 Å². The summed E-state index contributed by atoms with van der Waals surface area (Å²) in [5, 5.41) is 0. The SMILES string of the molecule is [CH2]CCP(=O)(OC)OC. The van der Waals surface area contributed by atoms with Crippen molar-refractivity contribution in [2.75, 3.05) is 20.4 Å². The Morgan fingerprint density at radius 1 is 1.44 bits per heavy atom. The smallest absolute Gasteiger partial charge is 0.312 e. The average molecular weight is 151 g/mol. The molecule has 0 aromatic heterocycles. The molecule has 0 aliphatic rings. The predicted octanol–water partition coefficient (Wildman–Crippen LogP) is 1.70. The molecule has 0 fully saturated rings. The third-order valence-corrected chi connectivity index (χ3v) is 2.96. The summed E-state index contributed by atoms with van der Waals surface area (Å²) in [7, 11) is 0.00624. The second kappa shape index (κ2) is 4.04. The third-order valence-electron chi connectivity index (χ3n) is 0.988. The lowest BCUT2D eigenvalue weighted by molar-refractivity contribution is 0.276. The molecule has 0 aliphatic carbocycles. The second-order valence-corrected chi connectivity index (χ2v) is 3.95. The van der Waals surface area contributed by atoms with Crippen LogP contribution in [0.3, 0.4) is 0 Å². The van der Waals surface area contributed by atoms with Crippen molar-refractivity contribution >= 4 is 7.60 Å². The summed E-state index contributed by atoms with van der Waals surface area (Å²) in [6.07, 6.45) is 0.957. The van der Waals surface area contributed by atoms with E-state index in [2.05, 4.69) is 16.0 Å². The van der Waals surface area contributed by atoms with E-state index < -0.39 is 7.60 Å². The summed E-state index contributed by atoms with van der Waals surface area (Å²) in [5.74, 6) is 0. The maximum Gasteiger partial charge on any atom is 0.330 e. The van der Waals surface area contributed by atoms with Gasteiger partial charge in [-0.15, -0.1) is 0 Å². The largest absolute Gasteiger partial charge is 0.330 e. The Bertz CT molecular complexity index is 105. The van der Waals surface area contributed by atoms with Crippen LogP contribution in [0.25, 0.3) is 0 Å². The topological polar surface area (TPSA) is 35.5 Å². The summed E-state index contributed by atoms with van der Waals surface area (Å²) in [6, 6.07) is 0. The van der Waals surface area contributed by atoms with Gasteiger partial charge in [-0.25, -0.2) is 0 Å². The van der Waals surface area contributed by atoms with Crippen LogP contribution in [0.1, 0.15) is 6.42 Å². The standard InChI is InChI=1S/C5H12O3P/c1-4-5-9(6,7-2)8-3/h1,4-5H2,2-3H3. The minimum absolute atomic E-state index is 0.389. The normalized spacial score (nSPS) is 11.9. The lowest BCUT2D eigenvalue weighted by Crippen LogP contribution is -1.92. The first-order valence-electron chi connectivity index (χ1n) is 2.68. The van der Waals surface area contributed by atoms with E-state index in [4.69, 9.17) is 0 Å². The molecular formula is C5H12O3P. The summed E-state index contributed by atoms with van der Waals surface area (Å²) in [4.78, 5) is 0. The molecule has 4 heteroatoms. The molecule has 0 heterocycles. The van der Waals surface area contributed by atoms with Crippen molar-refractivity contribution in [3.8, 4) is 0 Å². The van der Waals surface area contributed by atoms with E-state index in [0.717, 1.165) is 0 Å². The van der Waals surface area contributed by atoms with Gasteiger partial charge in [0.05, 0.1) is 6.16 Å². The highest BCUT2D eigenvalue weighted by Gasteiger charge is 2.18. The Labute approximate surface area is 55.9 Å². The molecule has 1 radical (unpaired) electrons. The lowest BCUT2D eigenvalue weighted by atomic mass is 10.6. The van der Waals surface area contributed by atoms with Crippen molar-refractivity contribution in [2.45, 2.75) is 6.42 Å². The molecule has 3 nitrogen and oxygen atoms in total. The summed E-state index contributed by atoms with van der Waals surface area (Å²) < 4.78 is 20.3. The van der Waals surface area contributed by atoms with Crippen molar-refractivity contribution in [2.24, 2.45) is 0 Å². The first-order valence-corrected chi connectivity index (χ1v) is 4.41. The van der Waals surface area contributed by atoms with Gasteiger partial charge in [0.15, 0.2) is 0 Å². The number of hydrogen-bond donors (Lipinski definition) is 0. The lowest BCUT2D eigenvalue weighted by Gasteiger charge is -2.10. The number of rotatable bonds is 4. The molecule has 0 N–H and O–H groups in total. The van der Waals surface area contributed by atoms with E-state index in [1.54, 1.807) is 0 Å². The van der Waals surface area contributed by atoms with Gasteiger partial charge in [-0.05, 0) is 6.42 Å². The summed E-state index contributed by atoms with van der Waals surface area (Å²) in [6.45, 7) is 3.53. The van der Waals surface area contributed by atoms with Gasteiger partial charge in [0, 0.05) is 14.2 Å².